The van der Waals surface area contributed by atoms with Gasteiger partial charge in [0.15, 0.2) is 0 Å². The predicted octanol–water partition coefficient (Wildman–Crippen LogP) is -0.770. The molecule has 0 aromatic rings. The predicted molar refractivity (Wildman–Crippen MR) is 65.8 cm³/mol. The third-order valence-electron chi connectivity index (χ3n) is 3.65. The number of amides is 2. The Morgan fingerprint density at radius 3 is 2.83 bits per heavy atom. The molecular formula is C12H21N3O3. The zero-order chi connectivity index (χ0) is 13.1. The summed E-state index contributed by atoms with van der Waals surface area (Å²) in [5.74, 6) is -0.513. The fourth-order valence-electron chi connectivity index (χ4n) is 2.64. The van der Waals surface area contributed by atoms with E-state index in [4.69, 9.17) is 10.5 Å². The standard InChI is InChI=1S/C12H21N3O3/c1-8-3-2-4-9(14-8)12(17)15-5-6-18-7-10(15)11(13)16/h8-10,14H,2-7H2,1H3,(H2,13,16). The molecule has 3 unspecified atom stereocenters. The summed E-state index contributed by atoms with van der Waals surface area (Å²) in [4.78, 5) is 25.3. The molecule has 0 spiro atoms. The highest BCUT2D eigenvalue weighted by molar-refractivity contribution is 5.89. The first-order valence-electron chi connectivity index (χ1n) is 6.53. The molecule has 2 aliphatic heterocycles. The fourth-order valence-corrected chi connectivity index (χ4v) is 2.64. The number of carbonyl (C=O) groups excluding carboxylic acids is 2. The summed E-state index contributed by atoms with van der Waals surface area (Å²) < 4.78 is 5.22. The zero-order valence-electron chi connectivity index (χ0n) is 10.7. The van der Waals surface area contributed by atoms with Gasteiger partial charge >= 0.3 is 0 Å². The summed E-state index contributed by atoms with van der Waals surface area (Å²) in [6.45, 7) is 3.20. The van der Waals surface area contributed by atoms with Crippen molar-refractivity contribution >= 4 is 11.8 Å². The second-order valence-corrected chi connectivity index (χ2v) is 5.08. The number of nitrogens with one attached hydrogen (secondary N) is 1. The van der Waals surface area contributed by atoms with Crippen LogP contribution in [0.1, 0.15) is 26.2 Å². The second kappa shape index (κ2) is 5.67. The monoisotopic (exact) mass is 255 g/mol. The third kappa shape index (κ3) is 2.81. The average Bonchev–Trinajstić information content (AvgIpc) is 2.38. The SMILES string of the molecule is CC1CCCC(C(=O)N2CCOCC2C(N)=O)N1. The Kier molecular flexibility index (Phi) is 4.19. The summed E-state index contributed by atoms with van der Waals surface area (Å²) in [6, 6.07) is -0.459. The lowest BCUT2D eigenvalue weighted by Crippen LogP contribution is -2.60. The number of rotatable bonds is 2. The smallest absolute Gasteiger partial charge is 0.242 e. The molecule has 0 aliphatic carbocycles. The summed E-state index contributed by atoms with van der Waals surface area (Å²) >= 11 is 0. The maximum absolute atomic E-state index is 12.4. The molecule has 2 heterocycles. The van der Waals surface area contributed by atoms with E-state index in [9.17, 15) is 9.59 Å². The highest BCUT2D eigenvalue weighted by Gasteiger charge is 2.36. The first-order chi connectivity index (χ1) is 8.59. The minimum absolute atomic E-state index is 0.0198. The van der Waals surface area contributed by atoms with E-state index in [0.717, 1.165) is 19.3 Å². The molecule has 3 atom stereocenters. The molecule has 0 radical (unpaired) electrons. The van der Waals surface area contributed by atoms with Gasteiger partial charge in [0.2, 0.25) is 11.8 Å². The van der Waals surface area contributed by atoms with Crippen LogP contribution in [0.25, 0.3) is 0 Å². The number of carbonyl (C=O) groups is 2. The number of hydrogen-bond donors (Lipinski definition) is 2. The maximum atomic E-state index is 12.4. The Labute approximate surface area is 107 Å². The van der Waals surface area contributed by atoms with E-state index in [1.807, 2.05) is 0 Å². The van der Waals surface area contributed by atoms with Crippen molar-refractivity contribution in [1.82, 2.24) is 10.2 Å². The Morgan fingerprint density at radius 1 is 1.39 bits per heavy atom. The van der Waals surface area contributed by atoms with E-state index in [0.29, 0.717) is 19.2 Å². The summed E-state index contributed by atoms with van der Waals surface area (Å²) in [5.41, 5.74) is 5.32. The fraction of sp³-hybridized carbons (Fsp3) is 0.833. The average molecular weight is 255 g/mol. The van der Waals surface area contributed by atoms with Crippen LogP contribution in [-0.4, -0.2) is 54.6 Å². The molecule has 2 aliphatic rings. The molecule has 2 saturated heterocycles. The van der Waals surface area contributed by atoms with Crippen LogP contribution in [0.4, 0.5) is 0 Å². The van der Waals surface area contributed by atoms with Gasteiger partial charge in [0.1, 0.15) is 6.04 Å². The normalized spacial score (nSPS) is 33.2. The van der Waals surface area contributed by atoms with E-state index >= 15 is 0 Å². The molecule has 2 rings (SSSR count). The van der Waals surface area contributed by atoms with Crippen molar-refractivity contribution < 1.29 is 14.3 Å². The van der Waals surface area contributed by atoms with Crippen LogP contribution >= 0.6 is 0 Å². The summed E-state index contributed by atoms with van der Waals surface area (Å²) in [7, 11) is 0. The van der Waals surface area contributed by atoms with Crippen LogP contribution in [0.3, 0.4) is 0 Å². The molecule has 0 bridgehead atoms. The maximum Gasteiger partial charge on any atom is 0.242 e. The summed E-state index contributed by atoms with van der Waals surface area (Å²) in [5, 5.41) is 3.29. The lowest BCUT2D eigenvalue weighted by molar-refractivity contribution is -0.149. The summed E-state index contributed by atoms with van der Waals surface area (Å²) in [6.07, 6.45) is 2.95. The van der Waals surface area contributed by atoms with Crippen molar-refractivity contribution in [1.29, 1.82) is 0 Å². The molecule has 0 saturated carbocycles. The van der Waals surface area contributed by atoms with Gasteiger partial charge in [0.25, 0.3) is 0 Å². The quantitative estimate of drug-likeness (QED) is 0.678. The molecule has 2 fully saturated rings. The van der Waals surface area contributed by atoms with Gasteiger partial charge in [-0.15, -0.1) is 0 Å². The van der Waals surface area contributed by atoms with Crippen LogP contribution in [0.2, 0.25) is 0 Å². The van der Waals surface area contributed by atoms with Crippen LogP contribution in [-0.2, 0) is 14.3 Å². The zero-order valence-corrected chi connectivity index (χ0v) is 10.7. The topological polar surface area (TPSA) is 84.7 Å². The molecule has 0 aromatic carbocycles. The molecule has 6 nitrogen and oxygen atoms in total. The largest absolute Gasteiger partial charge is 0.377 e. The molecule has 2 amide bonds. The Bertz CT molecular complexity index is 335. The van der Waals surface area contributed by atoms with Gasteiger partial charge in [0, 0.05) is 12.6 Å². The van der Waals surface area contributed by atoms with Crippen LogP contribution in [0, 0.1) is 0 Å². The number of nitrogens with two attached hydrogens (primary N) is 1. The van der Waals surface area contributed by atoms with Crippen molar-refractivity contribution in [3.8, 4) is 0 Å². The highest BCUT2D eigenvalue weighted by atomic mass is 16.5. The van der Waals surface area contributed by atoms with Crippen molar-refractivity contribution in [3.63, 3.8) is 0 Å². The Hall–Kier alpha value is -1.14. The van der Waals surface area contributed by atoms with E-state index in [1.54, 1.807) is 4.90 Å². The third-order valence-corrected chi connectivity index (χ3v) is 3.65. The second-order valence-electron chi connectivity index (χ2n) is 5.08. The van der Waals surface area contributed by atoms with E-state index in [2.05, 4.69) is 12.2 Å². The first-order valence-corrected chi connectivity index (χ1v) is 6.53. The van der Waals surface area contributed by atoms with Crippen LogP contribution in [0.5, 0.6) is 0 Å². The first kappa shape index (κ1) is 13.3. The lowest BCUT2D eigenvalue weighted by atomic mass is 9.98. The number of piperidine rings is 1. The van der Waals surface area contributed by atoms with Gasteiger partial charge in [-0.2, -0.15) is 0 Å². The minimum Gasteiger partial charge on any atom is -0.377 e. The lowest BCUT2D eigenvalue weighted by Gasteiger charge is -2.38. The number of ether oxygens (including phenoxy) is 1. The highest BCUT2D eigenvalue weighted by Crippen LogP contribution is 2.17. The van der Waals surface area contributed by atoms with E-state index in [1.165, 1.54) is 0 Å². The number of primary amides is 1. The minimum atomic E-state index is -0.620. The molecule has 18 heavy (non-hydrogen) atoms. The molecule has 102 valence electrons. The molecule has 0 aromatic heterocycles. The van der Waals surface area contributed by atoms with E-state index < -0.39 is 11.9 Å². The molecule has 3 N–H and O–H groups in total. The van der Waals surface area contributed by atoms with Gasteiger partial charge < -0.3 is 20.7 Å². The van der Waals surface area contributed by atoms with Crippen LogP contribution < -0.4 is 11.1 Å². The van der Waals surface area contributed by atoms with Gasteiger partial charge in [0.05, 0.1) is 19.3 Å². The van der Waals surface area contributed by atoms with Gasteiger partial charge in [-0.3, -0.25) is 9.59 Å². The van der Waals surface area contributed by atoms with Crippen molar-refractivity contribution in [2.24, 2.45) is 5.73 Å². The van der Waals surface area contributed by atoms with Gasteiger partial charge in [-0.1, -0.05) is 0 Å². The van der Waals surface area contributed by atoms with Crippen LogP contribution in [0.15, 0.2) is 0 Å². The molecular weight excluding hydrogens is 234 g/mol. The van der Waals surface area contributed by atoms with Crippen molar-refractivity contribution in [2.75, 3.05) is 19.8 Å². The molecule has 6 heteroatoms. The van der Waals surface area contributed by atoms with Gasteiger partial charge in [-0.25, -0.2) is 0 Å². The van der Waals surface area contributed by atoms with E-state index in [-0.39, 0.29) is 18.6 Å². The van der Waals surface area contributed by atoms with Crippen molar-refractivity contribution in [3.05, 3.63) is 0 Å². The number of hydrogen-bond acceptors (Lipinski definition) is 4. The van der Waals surface area contributed by atoms with Crippen molar-refractivity contribution in [2.45, 2.75) is 44.3 Å². The Balaban J connectivity index is 2.03. The number of nitrogens with zero attached hydrogens (tertiary/aromatic N) is 1. The number of morpholine rings is 1. The Morgan fingerprint density at radius 2 is 2.17 bits per heavy atom. The van der Waals surface area contributed by atoms with Gasteiger partial charge in [-0.05, 0) is 26.2 Å².